The molecular weight excluding hydrogens is 252 g/mol. The Kier molecular flexibility index (Phi) is 8.57. The van der Waals surface area contributed by atoms with Gasteiger partial charge in [0, 0.05) is 13.1 Å². The fraction of sp³-hybridized carbons (Fsp3) is 0.923. The molecule has 0 aromatic heterocycles. The average molecular weight is 279 g/mol. The highest BCUT2D eigenvalue weighted by Gasteiger charge is 2.31. The Morgan fingerprint density at radius 2 is 2.17 bits per heavy atom. The molecule has 1 N–H and O–H groups in total. The second kappa shape index (κ2) is 8.73. The van der Waals surface area contributed by atoms with Gasteiger partial charge in [0.15, 0.2) is 0 Å². The number of ether oxygens (including phenoxy) is 1. The van der Waals surface area contributed by atoms with E-state index in [9.17, 15) is 4.79 Å². The predicted molar refractivity (Wildman–Crippen MR) is 76.2 cm³/mol. The van der Waals surface area contributed by atoms with Gasteiger partial charge in [-0.15, -0.1) is 12.4 Å². The van der Waals surface area contributed by atoms with Gasteiger partial charge < -0.3 is 10.1 Å². The molecule has 0 amide bonds. The summed E-state index contributed by atoms with van der Waals surface area (Å²) >= 11 is 0. The number of carbonyl (C=O) groups is 1. The molecule has 5 heteroatoms. The summed E-state index contributed by atoms with van der Waals surface area (Å²) in [5, 5.41) is 3.40. The minimum absolute atomic E-state index is 0. The van der Waals surface area contributed by atoms with Crippen LogP contribution in [0.4, 0.5) is 0 Å². The summed E-state index contributed by atoms with van der Waals surface area (Å²) in [6.07, 6.45) is 2.26. The number of carbonyl (C=O) groups excluding carboxylic acids is 1. The molecule has 4 nitrogen and oxygen atoms in total. The standard InChI is InChI=1S/C13H26N2O2.ClH/c1-4-8-15(9-12(16)17-5-2)11-13(3)6-7-14-10-13;/h14H,4-11H2,1-3H3;1H. The highest BCUT2D eigenvalue weighted by molar-refractivity contribution is 5.85. The Bertz CT molecular complexity index is 243. The third-order valence-electron chi connectivity index (χ3n) is 3.26. The van der Waals surface area contributed by atoms with Gasteiger partial charge in [-0.05, 0) is 38.3 Å². The molecule has 1 rings (SSSR count). The zero-order valence-electron chi connectivity index (χ0n) is 11.8. The van der Waals surface area contributed by atoms with Crippen molar-refractivity contribution in [2.45, 2.75) is 33.6 Å². The normalized spacial score (nSPS) is 22.9. The minimum atomic E-state index is -0.101. The fourth-order valence-corrected chi connectivity index (χ4v) is 2.46. The van der Waals surface area contributed by atoms with Crippen molar-refractivity contribution in [1.82, 2.24) is 10.2 Å². The molecule has 0 aromatic rings. The van der Waals surface area contributed by atoms with Crippen LogP contribution < -0.4 is 5.32 Å². The number of nitrogens with zero attached hydrogens (tertiary/aromatic N) is 1. The molecule has 0 radical (unpaired) electrons. The van der Waals surface area contributed by atoms with Crippen molar-refractivity contribution in [3.63, 3.8) is 0 Å². The van der Waals surface area contributed by atoms with Crippen LogP contribution in [0.15, 0.2) is 0 Å². The van der Waals surface area contributed by atoms with Crippen molar-refractivity contribution in [3.05, 3.63) is 0 Å². The van der Waals surface area contributed by atoms with E-state index in [-0.39, 0.29) is 18.4 Å². The van der Waals surface area contributed by atoms with Gasteiger partial charge in [0.2, 0.25) is 0 Å². The Balaban J connectivity index is 0.00000289. The fourth-order valence-electron chi connectivity index (χ4n) is 2.46. The second-order valence-electron chi connectivity index (χ2n) is 5.25. The van der Waals surface area contributed by atoms with E-state index in [1.807, 2.05) is 6.92 Å². The summed E-state index contributed by atoms with van der Waals surface area (Å²) in [4.78, 5) is 13.8. The third kappa shape index (κ3) is 6.03. The molecule has 108 valence electrons. The van der Waals surface area contributed by atoms with E-state index in [0.29, 0.717) is 18.6 Å². The van der Waals surface area contributed by atoms with Crippen LogP contribution in [0.1, 0.15) is 33.6 Å². The van der Waals surface area contributed by atoms with E-state index in [4.69, 9.17) is 4.74 Å². The Labute approximate surface area is 117 Å². The molecular formula is C13H27ClN2O2. The Morgan fingerprint density at radius 3 is 2.67 bits per heavy atom. The van der Waals surface area contributed by atoms with Crippen LogP contribution in [-0.2, 0) is 9.53 Å². The van der Waals surface area contributed by atoms with E-state index >= 15 is 0 Å². The molecule has 1 heterocycles. The number of esters is 1. The van der Waals surface area contributed by atoms with Crippen LogP contribution in [0, 0.1) is 5.41 Å². The maximum absolute atomic E-state index is 11.5. The minimum Gasteiger partial charge on any atom is -0.465 e. The van der Waals surface area contributed by atoms with Crippen molar-refractivity contribution < 1.29 is 9.53 Å². The lowest BCUT2D eigenvalue weighted by Crippen LogP contribution is -2.41. The van der Waals surface area contributed by atoms with E-state index < -0.39 is 0 Å². The van der Waals surface area contributed by atoms with Gasteiger partial charge in [0.25, 0.3) is 0 Å². The number of hydrogen-bond acceptors (Lipinski definition) is 4. The molecule has 0 aromatic carbocycles. The lowest BCUT2D eigenvalue weighted by atomic mass is 9.89. The van der Waals surface area contributed by atoms with E-state index in [2.05, 4.69) is 24.1 Å². The summed E-state index contributed by atoms with van der Waals surface area (Å²) in [6, 6.07) is 0. The first-order valence-electron chi connectivity index (χ1n) is 6.68. The summed E-state index contributed by atoms with van der Waals surface area (Å²) in [6.45, 7) is 11.3. The Morgan fingerprint density at radius 1 is 1.44 bits per heavy atom. The maximum atomic E-state index is 11.5. The van der Waals surface area contributed by atoms with Crippen LogP contribution in [0.3, 0.4) is 0 Å². The number of halogens is 1. The summed E-state index contributed by atoms with van der Waals surface area (Å²) in [5.74, 6) is -0.101. The van der Waals surface area contributed by atoms with Gasteiger partial charge in [-0.3, -0.25) is 9.69 Å². The van der Waals surface area contributed by atoms with Gasteiger partial charge >= 0.3 is 5.97 Å². The predicted octanol–water partition coefficient (Wildman–Crippen LogP) is 1.68. The zero-order valence-corrected chi connectivity index (χ0v) is 12.6. The van der Waals surface area contributed by atoms with Gasteiger partial charge in [-0.1, -0.05) is 13.8 Å². The van der Waals surface area contributed by atoms with Gasteiger partial charge in [-0.2, -0.15) is 0 Å². The highest BCUT2D eigenvalue weighted by Crippen LogP contribution is 2.25. The van der Waals surface area contributed by atoms with Crippen LogP contribution in [0.25, 0.3) is 0 Å². The first-order valence-corrected chi connectivity index (χ1v) is 6.68. The first kappa shape index (κ1) is 17.7. The summed E-state index contributed by atoms with van der Waals surface area (Å²) < 4.78 is 5.02. The molecule has 18 heavy (non-hydrogen) atoms. The van der Waals surface area contributed by atoms with Crippen molar-refractivity contribution in [1.29, 1.82) is 0 Å². The van der Waals surface area contributed by atoms with Crippen LogP contribution in [0.2, 0.25) is 0 Å². The quantitative estimate of drug-likeness (QED) is 0.720. The van der Waals surface area contributed by atoms with Gasteiger partial charge in [0.1, 0.15) is 0 Å². The van der Waals surface area contributed by atoms with Gasteiger partial charge in [0.05, 0.1) is 13.2 Å². The first-order chi connectivity index (χ1) is 8.09. The lowest BCUT2D eigenvalue weighted by Gasteiger charge is -2.31. The van der Waals surface area contributed by atoms with Crippen LogP contribution >= 0.6 is 12.4 Å². The maximum Gasteiger partial charge on any atom is 0.320 e. The van der Waals surface area contributed by atoms with Crippen LogP contribution in [0.5, 0.6) is 0 Å². The van der Waals surface area contributed by atoms with Crippen molar-refractivity contribution in [2.24, 2.45) is 5.41 Å². The Hall–Kier alpha value is -0.320. The number of nitrogens with one attached hydrogen (secondary N) is 1. The topological polar surface area (TPSA) is 41.6 Å². The highest BCUT2D eigenvalue weighted by atomic mass is 35.5. The molecule has 0 aliphatic carbocycles. The van der Waals surface area contributed by atoms with Crippen molar-refractivity contribution >= 4 is 18.4 Å². The van der Waals surface area contributed by atoms with Gasteiger partial charge in [-0.25, -0.2) is 0 Å². The molecule has 1 saturated heterocycles. The molecule has 1 atom stereocenters. The zero-order chi connectivity index (χ0) is 12.7. The number of hydrogen-bond donors (Lipinski definition) is 1. The van der Waals surface area contributed by atoms with E-state index in [0.717, 1.165) is 32.6 Å². The third-order valence-corrected chi connectivity index (χ3v) is 3.26. The SMILES string of the molecule is CCCN(CC(=O)OCC)CC1(C)CCNC1.Cl. The second-order valence-corrected chi connectivity index (χ2v) is 5.25. The summed E-state index contributed by atoms with van der Waals surface area (Å²) in [7, 11) is 0. The van der Waals surface area contributed by atoms with Crippen LogP contribution in [-0.4, -0.2) is 50.2 Å². The largest absolute Gasteiger partial charge is 0.465 e. The van der Waals surface area contributed by atoms with Crippen molar-refractivity contribution in [3.8, 4) is 0 Å². The smallest absolute Gasteiger partial charge is 0.320 e. The number of rotatable bonds is 7. The molecule has 0 bridgehead atoms. The molecule has 0 spiro atoms. The summed E-state index contributed by atoms with van der Waals surface area (Å²) in [5.41, 5.74) is 0.307. The molecule has 1 unspecified atom stereocenters. The molecule has 1 aliphatic rings. The van der Waals surface area contributed by atoms with Crippen molar-refractivity contribution in [2.75, 3.05) is 39.3 Å². The van der Waals surface area contributed by atoms with E-state index in [1.54, 1.807) is 0 Å². The monoisotopic (exact) mass is 278 g/mol. The lowest BCUT2D eigenvalue weighted by molar-refractivity contribution is -0.144. The average Bonchev–Trinajstić information content (AvgIpc) is 2.65. The van der Waals surface area contributed by atoms with E-state index in [1.165, 1.54) is 6.42 Å². The molecule has 0 saturated carbocycles. The molecule has 1 fully saturated rings. The molecule has 1 aliphatic heterocycles.